The van der Waals surface area contributed by atoms with Gasteiger partial charge in [-0.15, -0.1) is 10.2 Å². The molecule has 1 aliphatic heterocycles. The monoisotopic (exact) mass is 248 g/mol. The molecule has 2 heterocycles. The van der Waals surface area contributed by atoms with Crippen LogP contribution < -0.4 is 10.2 Å². The summed E-state index contributed by atoms with van der Waals surface area (Å²) < 4.78 is 0. The van der Waals surface area contributed by atoms with E-state index in [1.54, 1.807) is 6.07 Å². The zero-order valence-electron chi connectivity index (χ0n) is 11.0. The second-order valence-electron chi connectivity index (χ2n) is 4.75. The van der Waals surface area contributed by atoms with Crippen LogP contribution >= 0.6 is 0 Å². The van der Waals surface area contributed by atoms with Gasteiger partial charge in [-0.25, -0.2) is 0 Å². The lowest BCUT2D eigenvalue weighted by Crippen LogP contribution is -2.32. The number of hydrogen-bond donors (Lipinski definition) is 1. The molecule has 2 rings (SSSR count). The second kappa shape index (κ2) is 5.80. The van der Waals surface area contributed by atoms with Crippen LogP contribution in [0.3, 0.4) is 0 Å². The number of carbonyl (C=O) groups excluding carboxylic acids is 1. The van der Waals surface area contributed by atoms with Gasteiger partial charge in [0.2, 0.25) is 0 Å². The van der Waals surface area contributed by atoms with Crippen molar-refractivity contribution in [1.82, 2.24) is 15.5 Å². The molecule has 5 nitrogen and oxygen atoms in total. The molecular formula is C13H20N4O. The van der Waals surface area contributed by atoms with Crippen molar-refractivity contribution in [3.63, 3.8) is 0 Å². The molecule has 18 heavy (non-hydrogen) atoms. The zero-order chi connectivity index (χ0) is 13.0. The summed E-state index contributed by atoms with van der Waals surface area (Å²) in [5, 5.41) is 11.0. The number of rotatable bonds is 4. The largest absolute Gasteiger partial charge is 0.355 e. The van der Waals surface area contributed by atoms with E-state index in [1.807, 2.05) is 19.9 Å². The SMILES string of the molecule is CCC(C)NC(=O)c1ccc(N2CCCC2)nn1. The van der Waals surface area contributed by atoms with Crippen LogP contribution in [0.25, 0.3) is 0 Å². The molecule has 98 valence electrons. The summed E-state index contributed by atoms with van der Waals surface area (Å²) in [4.78, 5) is 14.0. The molecule has 0 radical (unpaired) electrons. The van der Waals surface area contributed by atoms with Crippen molar-refractivity contribution in [1.29, 1.82) is 0 Å². The van der Waals surface area contributed by atoms with Crippen molar-refractivity contribution in [2.24, 2.45) is 0 Å². The molecule has 1 aromatic heterocycles. The van der Waals surface area contributed by atoms with Crippen LogP contribution in [0.2, 0.25) is 0 Å². The summed E-state index contributed by atoms with van der Waals surface area (Å²) in [5.41, 5.74) is 0.387. The molecule has 1 aromatic rings. The molecule has 0 aromatic carbocycles. The summed E-state index contributed by atoms with van der Waals surface area (Å²) >= 11 is 0. The van der Waals surface area contributed by atoms with E-state index in [1.165, 1.54) is 12.8 Å². The third-order valence-corrected chi connectivity index (χ3v) is 3.30. The van der Waals surface area contributed by atoms with Gasteiger partial charge in [0.1, 0.15) is 0 Å². The first-order chi connectivity index (χ1) is 8.70. The Morgan fingerprint density at radius 2 is 2.11 bits per heavy atom. The van der Waals surface area contributed by atoms with Crippen LogP contribution in [0.15, 0.2) is 12.1 Å². The number of nitrogens with zero attached hydrogens (tertiary/aromatic N) is 3. The van der Waals surface area contributed by atoms with Gasteiger partial charge in [-0.2, -0.15) is 0 Å². The maximum absolute atomic E-state index is 11.8. The van der Waals surface area contributed by atoms with E-state index in [0.29, 0.717) is 5.69 Å². The van der Waals surface area contributed by atoms with Gasteiger partial charge in [-0.05, 0) is 38.3 Å². The van der Waals surface area contributed by atoms with E-state index in [2.05, 4.69) is 20.4 Å². The number of carbonyl (C=O) groups is 1. The number of hydrogen-bond acceptors (Lipinski definition) is 4. The minimum absolute atomic E-state index is 0.148. The molecule has 0 bridgehead atoms. The number of anilines is 1. The highest BCUT2D eigenvalue weighted by Crippen LogP contribution is 2.16. The molecule has 1 amide bonds. The first kappa shape index (κ1) is 12.8. The van der Waals surface area contributed by atoms with Crippen LogP contribution in [-0.2, 0) is 0 Å². The van der Waals surface area contributed by atoms with E-state index < -0.39 is 0 Å². The first-order valence-corrected chi connectivity index (χ1v) is 6.60. The smallest absolute Gasteiger partial charge is 0.272 e. The molecule has 1 unspecified atom stereocenters. The molecule has 5 heteroatoms. The third-order valence-electron chi connectivity index (χ3n) is 3.30. The topological polar surface area (TPSA) is 58.1 Å². The van der Waals surface area contributed by atoms with E-state index in [-0.39, 0.29) is 11.9 Å². The number of aromatic nitrogens is 2. The van der Waals surface area contributed by atoms with Crippen molar-refractivity contribution in [2.45, 2.75) is 39.2 Å². The van der Waals surface area contributed by atoms with Crippen LogP contribution in [0.4, 0.5) is 5.82 Å². The summed E-state index contributed by atoms with van der Waals surface area (Å²) in [6, 6.07) is 3.79. The van der Waals surface area contributed by atoms with Crippen LogP contribution in [0.5, 0.6) is 0 Å². The zero-order valence-corrected chi connectivity index (χ0v) is 11.0. The average molecular weight is 248 g/mol. The van der Waals surface area contributed by atoms with Gasteiger partial charge in [0.15, 0.2) is 11.5 Å². The number of amides is 1. The van der Waals surface area contributed by atoms with Crippen molar-refractivity contribution < 1.29 is 4.79 Å². The van der Waals surface area contributed by atoms with Gasteiger partial charge < -0.3 is 10.2 Å². The lowest BCUT2D eigenvalue weighted by Gasteiger charge is -2.15. The van der Waals surface area contributed by atoms with E-state index in [9.17, 15) is 4.79 Å². The average Bonchev–Trinajstić information content (AvgIpc) is 2.92. The Hall–Kier alpha value is -1.65. The Morgan fingerprint density at radius 1 is 1.39 bits per heavy atom. The fraction of sp³-hybridized carbons (Fsp3) is 0.615. The fourth-order valence-electron chi connectivity index (χ4n) is 1.96. The molecule has 0 saturated carbocycles. The summed E-state index contributed by atoms with van der Waals surface area (Å²) in [6.07, 6.45) is 3.32. The highest BCUT2D eigenvalue weighted by Gasteiger charge is 2.15. The minimum Gasteiger partial charge on any atom is -0.355 e. The van der Waals surface area contributed by atoms with Crippen LogP contribution in [-0.4, -0.2) is 35.2 Å². The lowest BCUT2D eigenvalue weighted by atomic mass is 10.2. The minimum atomic E-state index is -0.148. The van der Waals surface area contributed by atoms with Crippen molar-refractivity contribution >= 4 is 11.7 Å². The highest BCUT2D eigenvalue weighted by molar-refractivity contribution is 5.92. The molecule has 1 N–H and O–H groups in total. The third kappa shape index (κ3) is 2.97. The van der Waals surface area contributed by atoms with E-state index in [4.69, 9.17) is 0 Å². The van der Waals surface area contributed by atoms with Crippen LogP contribution in [0.1, 0.15) is 43.6 Å². The van der Waals surface area contributed by atoms with Gasteiger partial charge in [0, 0.05) is 19.1 Å². The molecule has 1 atom stereocenters. The Bertz CT molecular complexity index is 398. The maximum Gasteiger partial charge on any atom is 0.272 e. The Kier molecular flexibility index (Phi) is 4.12. The first-order valence-electron chi connectivity index (χ1n) is 6.60. The van der Waals surface area contributed by atoms with Gasteiger partial charge in [-0.3, -0.25) is 4.79 Å². The molecule has 0 spiro atoms. The van der Waals surface area contributed by atoms with Gasteiger partial charge in [0.25, 0.3) is 5.91 Å². The fourth-order valence-corrected chi connectivity index (χ4v) is 1.96. The van der Waals surface area contributed by atoms with E-state index >= 15 is 0 Å². The quantitative estimate of drug-likeness (QED) is 0.879. The second-order valence-corrected chi connectivity index (χ2v) is 4.75. The molecule has 1 saturated heterocycles. The summed E-state index contributed by atoms with van der Waals surface area (Å²) in [5.74, 6) is 0.720. The predicted molar refractivity (Wildman–Crippen MR) is 70.7 cm³/mol. The Balaban J connectivity index is 2.00. The van der Waals surface area contributed by atoms with Crippen molar-refractivity contribution in [2.75, 3.05) is 18.0 Å². The molecule has 1 fully saturated rings. The molecule has 1 aliphatic rings. The normalized spacial score (nSPS) is 16.7. The van der Waals surface area contributed by atoms with Crippen molar-refractivity contribution in [3.05, 3.63) is 17.8 Å². The van der Waals surface area contributed by atoms with E-state index in [0.717, 1.165) is 25.3 Å². The number of nitrogens with one attached hydrogen (secondary N) is 1. The Labute approximate surface area is 108 Å². The summed E-state index contributed by atoms with van der Waals surface area (Å²) in [7, 11) is 0. The maximum atomic E-state index is 11.8. The van der Waals surface area contributed by atoms with Crippen molar-refractivity contribution in [3.8, 4) is 0 Å². The van der Waals surface area contributed by atoms with Gasteiger partial charge >= 0.3 is 0 Å². The van der Waals surface area contributed by atoms with Crippen LogP contribution in [0, 0.1) is 0 Å². The highest BCUT2D eigenvalue weighted by atomic mass is 16.2. The molecule has 0 aliphatic carbocycles. The van der Waals surface area contributed by atoms with Gasteiger partial charge in [-0.1, -0.05) is 6.92 Å². The Morgan fingerprint density at radius 3 is 2.67 bits per heavy atom. The lowest BCUT2D eigenvalue weighted by molar-refractivity contribution is 0.0933. The standard InChI is InChI=1S/C13H20N4O/c1-3-10(2)14-13(18)11-6-7-12(16-15-11)17-8-4-5-9-17/h6-7,10H,3-5,8-9H2,1-2H3,(H,14,18). The van der Waals surface area contributed by atoms with Gasteiger partial charge in [0.05, 0.1) is 0 Å². The predicted octanol–water partition coefficient (Wildman–Crippen LogP) is 1.61. The molecular weight excluding hydrogens is 228 g/mol. The summed E-state index contributed by atoms with van der Waals surface area (Å²) in [6.45, 7) is 6.08.